The van der Waals surface area contributed by atoms with Crippen LogP contribution in [-0.2, 0) is 6.42 Å². The molecule has 1 atom stereocenters. The van der Waals surface area contributed by atoms with Crippen LogP contribution in [0.4, 0.5) is 0 Å². The molecule has 0 saturated heterocycles. The summed E-state index contributed by atoms with van der Waals surface area (Å²) >= 11 is 0. The van der Waals surface area contributed by atoms with E-state index in [-0.39, 0.29) is 0 Å². The van der Waals surface area contributed by atoms with Crippen LogP contribution in [0.15, 0.2) is 18.2 Å². The van der Waals surface area contributed by atoms with E-state index in [9.17, 15) is 5.11 Å². The first-order valence-corrected chi connectivity index (χ1v) is 8.33. The Morgan fingerprint density at radius 1 is 1.24 bits per heavy atom. The predicted octanol–water partition coefficient (Wildman–Crippen LogP) is 3.36. The molecule has 3 rings (SSSR count). The van der Waals surface area contributed by atoms with Gasteiger partial charge in [0.2, 0.25) is 0 Å². The Kier molecular flexibility index (Phi) is 4.51. The third kappa shape index (κ3) is 3.41. The Balaban J connectivity index is 1.67. The van der Waals surface area contributed by atoms with Crippen molar-refractivity contribution in [3.63, 3.8) is 0 Å². The van der Waals surface area contributed by atoms with E-state index < -0.39 is 5.60 Å². The van der Waals surface area contributed by atoms with Crippen molar-refractivity contribution in [2.45, 2.75) is 63.0 Å². The zero-order valence-electron chi connectivity index (χ0n) is 13.0. The average Bonchev–Trinajstić information content (AvgIpc) is 2.53. The van der Waals surface area contributed by atoms with Crippen molar-refractivity contribution in [3.8, 4) is 5.75 Å². The van der Waals surface area contributed by atoms with E-state index in [2.05, 4.69) is 17.4 Å². The number of benzene rings is 1. The largest absolute Gasteiger partial charge is 0.497 e. The Hall–Kier alpha value is -1.06. The molecule has 1 fully saturated rings. The summed E-state index contributed by atoms with van der Waals surface area (Å²) in [5.41, 5.74) is 2.30. The molecular weight excluding hydrogens is 262 g/mol. The first kappa shape index (κ1) is 14.9. The third-order valence-corrected chi connectivity index (χ3v) is 5.13. The molecular formula is C18H27NO2. The maximum absolute atomic E-state index is 10.6. The van der Waals surface area contributed by atoms with Crippen LogP contribution in [0, 0.1) is 0 Å². The highest BCUT2D eigenvalue weighted by atomic mass is 16.5. The molecule has 21 heavy (non-hydrogen) atoms. The lowest BCUT2D eigenvalue weighted by molar-refractivity contribution is 0.00215. The maximum Gasteiger partial charge on any atom is 0.119 e. The minimum absolute atomic E-state index is 0.380. The van der Waals surface area contributed by atoms with Crippen LogP contribution >= 0.6 is 0 Å². The van der Waals surface area contributed by atoms with Gasteiger partial charge in [-0.2, -0.15) is 0 Å². The minimum atomic E-state index is -0.484. The monoisotopic (exact) mass is 289 g/mol. The summed E-state index contributed by atoms with van der Waals surface area (Å²) in [6.07, 6.45) is 8.99. The third-order valence-electron chi connectivity index (χ3n) is 5.13. The van der Waals surface area contributed by atoms with E-state index in [1.165, 1.54) is 24.0 Å². The lowest BCUT2D eigenvalue weighted by atomic mass is 9.83. The van der Waals surface area contributed by atoms with Crippen molar-refractivity contribution in [2.75, 3.05) is 13.7 Å². The van der Waals surface area contributed by atoms with Gasteiger partial charge in [0, 0.05) is 12.6 Å². The van der Waals surface area contributed by atoms with Gasteiger partial charge in [-0.25, -0.2) is 0 Å². The van der Waals surface area contributed by atoms with Crippen LogP contribution < -0.4 is 10.1 Å². The fourth-order valence-corrected chi connectivity index (χ4v) is 3.83. The second-order valence-corrected chi connectivity index (χ2v) is 6.68. The number of aliphatic hydroxyl groups is 1. The molecule has 2 aliphatic carbocycles. The molecule has 0 bridgehead atoms. The van der Waals surface area contributed by atoms with Crippen molar-refractivity contribution in [2.24, 2.45) is 0 Å². The summed E-state index contributed by atoms with van der Waals surface area (Å²) in [5, 5.41) is 14.3. The molecule has 0 radical (unpaired) electrons. The van der Waals surface area contributed by atoms with E-state index >= 15 is 0 Å². The van der Waals surface area contributed by atoms with Crippen molar-refractivity contribution in [1.82, 2.24) is 5.32 Å². The van der Waals surface area contributed by atoms with Crippen molar-refractivity contribution in [3.05, 3.63) is 29.3 Å². The molecule has 116 valence electrons. The zero-order valence-corrected chi connectivity index (χ0v) is 13.0. The number of aryl methyl sites for hydroxylation is 1. The van der Waals surface area contributed by atoms with Gasteiger partial charge in [-0.3, -0.25) is 0 Å². The summed E-state index contributed by atoms with van der Waals surface area (Å²) in [4.78, 5) is 0. The molecule has 2 N–H and O–H groups in total. The number of ether oxygens (including phenoxy) is 1. The quantitative estimate of drug-likeness (QED) is 0.893. The topological polar surface area (TPSA) is 41.5 Å². The standard InChI is InChI=1S/C18H27NO2/c1-21-15-8-9-16-14(12-15)6-5-7-17(16)19-13-18(20)10-3-2-4-11-18/h8-9,12,17,19-20H,2-7,10-11,13H2,1H3. The van der Waals surface area contributed by atoms with Gasteiger partial charge in [0.05, 0.1) is 12.7 Å². The summed E-state index contributed by atoms with van der Waals surface area (Å²) < 4.78 is 5.33. The zero-order chi connectivity index (χ0) is 14.7. The van der Waals surface area contributed by atoms with Gasteiger partial charge in [-0.15, -0.1) is 0 Å². The lowest BCUT2D eigenvalue weighted by Crippen LogP contribution is -2.43. The second-order valence-electron chi connectivity index (χ2n) is 6.68. The SMILES string of the molecule is COc1ccc2c(c1)CCCC2NCC1(O)CCCCC1. The first-order valence-electron chi connectivity index (χ1n) is 8.33. The van der Waals surface area contributed by atoms with E-state index in [0.29, 0.717) is 6.04 Å². The molecule has 0 heterocycles. The van der Waals surface area contributed by atoms with Gasteiger partial charge in [-0.1, -0.05) is 25.3 Å². The van der Waals surface area contributed by atoms with Crippen LogP contribution in [-0.4, -0.2) is 24.4 Å². The Labute approximate surface area is 127 Å². The van der Waals surface area contributed by atoms with Gasteiger partial charge in [0.1, 0.15) is 5.75 Å². The van der Waals surface area contributed by atoms with E-state index in [0.717, 1.165) is 50.8 Å². The summed E-state index contributed by atoms with van der Waals surface area (Å²) in [7, 11) is 1.72. The van der Waals surface area contributed by atoms with Gasteiger partial charge in [0.25, 0.3) is 0 Å². The van der Waals surface area contributed by atoms with Crippen LogP contribution in [0.2, 0.25) is 0 Å². The van der Waals surface area contributed by atoms with Gasteiger partial charge in [-0.05, 0) is 55.4 Å². The van der Waals surface area contributed by atoms with E-state index in [1.54, 1.807) is 7.11 Å². The van der Waals surface area contributed by atoms with Crippen LogP contribution in [0.1, 0.15) is 62.1 Å². The van der Waals surface area contributed by atoms with Gasteiger partial charge >= 0.3 is 0 Å². The van der Waals surface area contributed by atoms with E-state index in [1.807, 2.05) is 6.07 Å². The number of hydrogen-bond acceptors (Lipinski definition) is 3. The highest BCUT2D eigenvalue weighted by molar-refractivity contribution is 5.39. The van der Waals surface area contributed by atoms with Crippen molar-refractivity contribution >= 4 is 0 Å². The van der Waals surface area contributed by atoms with E-state index in [4.69, 9.17) is 4.74 Å². The predicted molar refractivity (Wildman–Crippen MR) is 84.7 cm³/mol. The van der Waals surface area contributed by atoms with Crippen molar-refractivity contribution in [1.29, 1.82) is 0 Å². The average molecular weight is 289 g/mol. The molecule has 1 unspecified atom stereocenters. The van der Waals surface area contributed by atoms with Crippen LogP contribution in [0.25, 0.3) is 0 Å². The number of rotatable bonds is 4. The highest BCUT2D eigenvalue weighted by Gasteiger charge is 2.30. The first-order chi connectivity index (χ1) is 10.2. The number of fused-ring (bicyclic) bond motifs is 1. The Morgan fingerprint density at radius 2 is 2.05 bits per heavy atom. The van der Waals surface area contributed by atoms with Crippen LogP contribution in [0.5, 0.6) is 5.75 Å². The fraction of sp³-hybridized carbons (Fsp3) is 0.667. The molecule has 2 aliphatic rings. The normalized spacial score (nSPS) is 24.4. The molecule has 3 nitrogen and oxygen atoms in total. The van der Waals surface area contributed by atoms with Crippen molar-refractivity contribution < 1.29 is 9.84 Å². The number of nitrogens with one attached hydrogen (secondary N) is 1. The number of hydrogen-bond donors (Lipinski definition) is 2. The number of methoxy groups -OCH3 is 1. The molecule has 1 aromatic carbocycles. The molecule has 3 heteroatoms. The smallest absolute Gasteiger partial charge is 0.119 e. The van der Waals surface area contributed by atoms with Crippen LogP contribution in [0.3, 0.4) is 0 Å². The van der Waals surface area contributed by atoms with Gasteiger partial charge < -0.3 is 15.2 Å². The molecule has 0 aliphatic heterocycles. The summed E-state index contributed by atoms with van der Waals surface area (Å²) in [6, 6.07) is 6.79. The second kappa shape index (κ2) is 6.37. The van der Waals surface area contributed by atoms with Gasteiger partial charge in [0.15, 0.2) is 0 Å². The molecule has 1 saturated carbocycles. The Morgan fingerprint density at radius 3 is 2.81 bits per heavy atom. The molecule has 1 aromatic rings. The molecule has 0 amide bonds. The highest BCUT2D eigenvalue weighted by Crippen LogP contribution is 2.33. The lowest BCUT2D eigenvalue weighted by Gasteiger charge is -2.35. The summed E-state index contributed by atoms with van der Waals surface area (Å²) in [5.74, 6) is 0.945. The fourth-order valence-electron chi connectivity index (χ4n) is 3.83. The minimum Gasteiger partial charge on any atom is -0.497 e. The Bertz CT molecular complexity index is 480. The molecule has 0 aromatic heterocycles. The molecule has 0 spiro atoms. The maximum atomic E-state index is 10.6. The summed E-state index contributed by atoms with van der Waals surface area (Å²) in [6.45, 7) is 0.725.